The largest absolute Gasteiger partial charge is 0.433 e. The highest BCUT2D eigenvalue weighted by molar-refractivity contribution is 5.92. The minimum atomic E-state index is -4.47. The van der Waals surface area contributed by atoms with Crippen LogP contribution in [0.1, 0.15) is 36.7 Å². The van der Waals surface area contributed by atoms with Crippen LogP contribution in [-0.4, -0.2) is 10.9 Å². The van der Waals surface area contributed by atoms with Crippen LogP contribution in [0.5, 0.6) is 0 Å². The lowest BCUT2D eigenvalue weighted by Gasteiger charge is -2.10. The lowest BCUT2D eigenvalue weighted by Crippen LogP contribution is -2.22. The molecule has 0 saturated carbocycles. The Morgan fingerprint density at radius 3 is 2.58 bits per heavy atom. The number of pyridine rings is 1. The molecule has 0 aliphatic rings. The summed E-state index contributed by atoms with van der Waals surface area (Å²) in [6, 6.07) is 11.4. The number of nitrogens with one attached hydrogen (secondary N) is 1. The molecule has 0 bridgehead atoms. The van der Waals surface area contributed by atoms with Gasteiger partial charge < -0.3 is 11.1 Å². The lowest BCUT2D eigenvalue weighted by molar-refractivity contribution is -0.141. The van der Waals surface area contributed by atoms with Crippen LogP contribution in [-0.2, 0) is 12.7 Å². The number of nitrogens with zero attached hydrogens (tertiary/aromatic N) is 2. The third-order valence-corrected chi connectivity index (χ3v) is 3.33. The molecule has 0 saturated heterocycles. The second-order valence-electron chi connectivity index (χ2n) is 5.62. The first-order chi connectivity index (χ1) is 11.3. The molecule has 0 atom stereocenters. The Hall–Kier alpha value is -2.57. The molecule has 0 amide bonds. The molecule has 0 aliphatic heterocycles. The van der Waals surface area contributed by atoms with E-state index >= 15 is 0 Å². The van der Waals surface area contributed by atoms with Gasteiger partial charge in [0.15, 0.2) is 5.96 Å². The Balaban J connectivity index is 2.06. The molecule has 128 valence electrons. The SMILES string of the molecule is CC(C)c1cccc(NC(N)=NCc2cccc(C(F)(F)F)n2)c1. The quantitative estimate of drug-likeness (QED) is 0.651. The van der Waals surface area contributed by atoms with Crippen molar-refractivity contribution in [2.75, 3.05) is 5.32 Å². The van der Waals surface area contributed by atoms with E-state index in [-0.39, 0.29) is 18.2 Å². The van der Waals surface area contributed by atoms with E-state index in [4.69, 9.17) is 5.73 Å². The zero-order valence-electron chi connectivity index (χ0n) is 13.4. The summed E-state index contributed by atoms with van der Waals surface area (Å²) in [4.78, 5) is 7.59. The van der Waals surface area contributed by atoms with Gasteiger partial charge in [-0.25, -0.2) is 9.98 Å². The highest BCUT2D eigenvalue weighted by atomic mass is 19.4. The zero-order chi connectivity index (χ0) is 17.7. The number of halogens is 3. The molecule has 0 unspecified atom stereocenters. The van der Waals surface area contributed by atoms with Gasteiger partial charge in [0.2, 0.25) is 0 Å². The monoisotopic (exact) mass is 336 g/mol. The molecule has 7 heteroatoms. The molecular formula is C17H19F3N4. The van der Waals surface area contributed by atoms with Crippen molar-refractivity contribution in [2.45, 2.75) is 32.5 Å². The molecule has 1 heterocycles. The standard InChI is InChI=1S/C17H19F3N4/c1-11(2)12-5-3-6-13(9-12)24-16(21)22-10-14-7-4-8-15(23-14)17(18,19)20/h3-9,11H,10H2,1-2H3,(H3,21,22,24). The maximum absolute atomic E-state index is 12.6. The summed E-state index contributed by atoms with van der Waals surface area (Å²) < 4.78 is 37.9. The number of hydrogen-bond acceptors (Lipinski definition) is 2. The molecule has 1 aromatic heterocycles. The lowest BCUT2D eigenvalue weighted by atomic mass is 10.0. The molecule has 2 rings (SSSR count). The fourth-order valence-electron chi connectivity index (χ4n) is 2.05. The maximum Gasteiger partial charge on any atom is 0.433 e. The van der Waals surface area contributed by atoms with Crippen molar-refractivity contribution in [2.24, 2.45) is 10.7 Å². The van der Waals surface area contributed by atoms with Gasteiger partial charge in [0, 0.05) is 5.69 Å². The number of nitrogens with two attached hydrogens (primary N) is 1. The Morgan fingerprint density at radius 1 is 1.21 bits per heavy atom. The number of alkyl halides is 3. The van der Waals surface area contributed by atoms with E-state index in [1.165, 1.54) is 12.1 Å². The smallest absolute Gasteiger partial charge is 0.370 e. The van der Waals surface area contributed by atoms with Crippen molar-refractivity contribution in [1.29, 1.82) is 0 Å². The van der Waals surface area contributed by atoms with Crippen LogP contribution in [0.25, 0.3) is 0 Å². The van der Waals surface area contributed by atoms with Crippen LogP contribution in [0.15, 0.2) is 47.5 Å². The second kappa shape index (κ2) is 7.33. The van der Waals surface area contributed by atoms with Crippen LogP contribution in [0, 0.1) is 0 Å². The van der Waals surface area contributed by atoms with Gasteiger partial charge >= 0.3 is 6.18 Å². The minimum absolute atomic E-state index is 0.0351. The molecule has 2 aromatic rings. The molecule has 0 radical (unpaired) electrons. The van der Waals surface area contributed by atoms with Crippen LogP contribution in [0.4, 0.5) is 18.9 Å². The average Bonchev–Trinajstić information content (AvgIpc) is 2.52. The Labute approximate surface area is 138 Å². The van der Waals surface area contributed by atoms with E-state index in [2.05, 4.69) is 29.1 Å². The fourth-order valence-corrected chi connectivity index (χ4v) is 2.05. The highest BCUT2D eigenvalue weighted by Gasteiger charge is 2.32. The van der Waals surface area contributed by atoms with Crippen LogP contribution < -0.4 is 11.1 Å². The number of anilines is 1. The predicted octanol–water partition coefficient (Wildman–Crippen LogP) is 4.15. The molecule has 0 aliphatic carbocycles. The summed E-state index contributed by atoms with van der Waals surface area (Å²) in [6.45, 7) is 4.12. The summed E-state index contributed by atoms with van der Waals surface area (Å²) in [6.07, 6.45) is -4.47. The molecule has 3 N–H and O–H groups in total. The van der Waals surface area contributed by atoms with Crippen LogP contribution in [0.2, 0.25) is 0 Å². The third kappa shape index (κ3) is 4.97. The Kier molecular flexibility index (Phi) is 5.43. The summed E-state index contributed by atoms with van der Waals surface area (Å²) in [5.74, 6) is 0.495. The summed E-state index contributed by atoms with van der Waals surface area (Å²) in [7, 11) is 0. The van der Waals surface area contributed by atoms with Gasteiger partial charge in [0.05, 0.1) is 12.2 Å². The van der Waals surface area contributed by atoms with Crippen LogP contribution in [0.3, 0.4) is 0 Å². The van der Waals surface area contributed by atoms with E-state index in [0.29, 0.717) is 5.92 Å². The number of aliphatic imine (C=N–C) groups is 1. The first-order valence-electron chi connectivity index (χ1n) is 7.45. The van der Waals surface area contributed by atoms with Gasteiger partial charge in [-0.1, -0.05) is 32.0 Å². The zero-order valence-corrected chi connectivity index (χ0v) is 13.4. The Morgan fingerprint density at radius 2 is 1.92 bits per heavy atom. The third-order valence-electron chi connectivity index (χ3n) is 3.33. The number of aromatic nitrogens is 1. The van der Waals surface area contributed by atoms with Gasteiger partial charge in [-0.15, -0.1) is 0 Å². The number of hydrogen-bond donors (Lipinski definition) is 2. The van der Waals surface area contributed by atoms with Crippen molar-refractivity contribution in [3.05, 3.63) is 59.4 Å². The van der Waals surface area contributed by atoms with Crippen molar-refractivity contribution >= 4 is 11.6 Å². The number of benzene rings is 1. The summed E-state index contributed by atoms with van der Waals surface area (Å²) >= 11 is 0. The molecule has 0 spiro atoms. The summed E-state index contributed by atoms with van der Waals surface area (Å²) in [5, 5.41) is 2.93. The van der Waals surface area contributed by atoms with Gasteiger partial charge in [0.25, 0.3) is 0 Å². The topological polar surface area (TPSA) is 63.3 Å². The van der Waals surface area contributed by atoms with Crippen molar-refractivity contribution < 1.29 is 13.2 Å². The van der Waals surface area contributed by atoms with Gasteiger partial charge in [-0.2, -0.15) is 13.2 Å². The predicted molar refractivity (Wildman–Crippen MR) is 88.7 cm³/mol. The molecule has 4 nitrogen and oxygen atoms in total. The van der Waals surface area contributed by atoms with Gasteiger partial charge in [-0.3, -0.25) is 0 Å². The number of guanidine groups is 1. The molecular weight excluding hydrogens is 317 g/mol. The molecule has 1 aromatic carbocycles. The second-order valence-corrected chi connectivity index (χ2v) is 5.62. The normalized spacial score (nSPS) is 12.5. The number of rotatable bonds is 4. The van der Waals surface area contributed by atoms with Gasteiger partial charge in [-0.05, 0) is 35.7 Å². The first kappa shape index (κ1) is 17.8. The van der Waals surface area contributed by atoms with Crippen molar-refractivity contribution in [3.8, 4) is 0 Å². The van der Waals surface area contributed by atoms with E-state index in [9.17, 15) is 13.2 Å². The first-order valence-corrected chi connectivity index (χ1v) is 7.45. The van der Waals surface area contributed by atoms with Gasteiger partial charge in [0.1, 0.15) is 5.69 Å². The molecule has 24 heavy (non-hydrogen) atoms. The molecule has 0 fully saturated rings. The maximum atomic E-state index is 12.6. The Bertz CT molecular complexity index is 724. The van der Waals surface area contributed by atoms with E-state index in [1.807, 2.05) is 24.3 Å². The fraction of sp³-hybridized carbons (Fsp3) is 0.294. The summed E-state index contributed by atoms with van der Waals surface area (Å²) in [5.41, 5.74) is 6.98. The van der Waals surface area contributed by atoms with Crippen LogP contribution >= 0.6 is 0 Å². The van der Waals surface area contributed by atoms with E-state index in [0.717, 1.165) is 17.3 Å². The van der Waals surface area contributed by atoms with E-state index < -0.39 is 11.9 Å². The minimum Gasteiger partial charge on any atom is -0.370 e. The van der Waals surface area contributed by atoms with Crippen molar-refractivity contribution in [1.82, 2.24) is 4.98 Å². The highest BCUT2D eigenvalue weighted by Crippen LogP contribution is 2.27. The van der Waals surface area contributed by atoms with Crippen molar-refractivity contribution in [3.63, 3.8) is 0 Å². The van der Waals surface area contributed by atoms with E-state index in [1.54, 1.807) is 0 Å². The average molecular weight is 336 g/mol.